The zero-order valence-corrected chi connectivity index (χ0v) is 11.5. The van der Waals surface area contributed by atoms with Crippen molar-refractivity contribution >= 4 is 0 Å². The first-order valence-corrected chi connectivity index (χ1v) is 6.61. The lowest BCUT2D eigenvalue weighted by atomic mass is 9.96. The average molecular weight is 257 g/mol. The van der Waals surface area contributed by atoms with E-state index in [9.17, 15) is 4.39 Å². The van der Waals surface area contributed by atoms with Crippen molar-refractivity contribution in [2.45, 2.75) is 32.7 Å². The molecule has 0 aliphatic heterocycles. The maximum atomic E-state index is 12.8. The number of hydrogen-bond donors (Lipinski definition) is 1. The highest BCUT2D eigenvalue weighted by Crippen LogP contribution is 2.14. The van der Waals surface area contributed by atoms with Crippen LogP contribution in [0.4, 0.5) is 4.39 Å². The van der Waals surface area contributed by atoms with Gasteiger partial charge in [-0.3, -0.25) is 0 Å². The van der Waals surface area contributed by atoms with Crippen LogP contribution in [0.1, 0.15) is 22.3 Å². The van der Waals surface area contributed by atoms with Crippen molar-refractivity contribution in [3.05, 3.63) is 70.5 Å². The number of nitrogens with two attached hydrogens (primary N) is 1. The third-order valence-electron chi connectivity index (χ3n) is 3.40. The van der Waals surface area contributed by atoms with E-state index in [-0.39, 0.29) is 11.9 Å². The zero-order valence-electron chi connectivity index (χ0n) is 11.5. The second-order valence-corrected chi connectivity index (χ2v) is 5.22. The van der Waals surface area contributed by atoms with Gasteiger partial charge in [-0.25, -0.2) is 4.39 Å². The van der Waals surface area contributed by atoms with E-state index in [1.807, 2.05) is 0 Å². The van der Waals surface area contributed by atoms with Gasteiger partial charge in [0.05, 0.1) is 0 Å². The number of rotatable bonds is 4. The molecule has 0 saturated carbocycles. The Hall–Kier alpha value is -1.67. The molecule has 0 fully saturated rings. The Bertz CT molecular complexity index is 546. The Morgan fingerprint density at radius 3 is 2.37 bits per heavy atom. The first-order valence-electron chi connectivity index (χ1n) is 6.61. The molecule has 100 valence electrons. The van der Waals surface area contributed by atoms with E-state index in [2.05, 4.69) is 32.0 Å². The van der Waals surface area contributed by atoms with Gasteiger partial charge < -0.3 is 5.73 Å². The summed E-state index contributed by atoms with van der Waals surface area (Å²) in [4.78, 5) is 0. The van der Waals surface area contributed by atoms with Crippen molar-refractivity contribution < 1.29 is 4.39 Å². The summed E-state index contributed by atoms with van der Waals surface area (Å²) < 4.78 is 12.8. The van der Waals surface area contributed by atoms with Gasteiger partial charge in [-0.15, -0.1) is 0 Å². The molecule has 2 N–H and O–H groups in total. The minimum absolute atomic E-state index is 0.0611. The summed E-state index contributed by atoms with van der Waals surface area (Å²) in [6.45, 7) is 4.20. The Labute approximate surface area is 114 Å². The van der Waals surface area contributed by atoms with Crippen molar-refractivity contribution in [3.63, 3.8) is 0 Å². The lowest BCUT2D eigenvalue weighted by molar-refractivity contribution is 0.623. The molecular weight excluding hydrogens is 237 g/mol. The van der Waals surface area contributed by atoms with E-state index >= 15 is 0 Å². The molecule has 0 amide bonds. The van der Waals surface area contributed by atoms with Crippen LogP contribution in [0.5, 0.6) is 0 Å². The van der Waals surface area contributed by atoms with Gasteiger partial charge in [-0.05, 0) is 55.5 Å². The smallest absolute Gasteiger partial charge is 0.123 e. The van der Waals surface area contributed by atoms with Gasteiger partial charge in [-0.2, -0.15) is 0 Å². The molecule has 1 nitrogen and oxygen atoms in total. The number of hydrogen-bond acceptors (Lipinski definition) is 1. The lowest BCUT2D eigenvalue weighted by Gasteiger charge is -2.14. The molecule has 2 heteroatoms. The second kappa shape index (κ2) is 5.98. The van der Waals surface area contributed by atoms with Crippen LogP contribution >= 0.6 is 0 Å². The summed E-state index contributed by atoms with van der Waals surface area (Å²) in [5.74, 6) is -0.202. The molecule has 0 aliphatic carbocycles. The van der Waals surface area contributed by atoms with E-state index in [0.29, 0.717) is 0 Å². The van der Waals surface area contributed by atoms with E-state index in [0.717, 1.165) is 18.4 Å². The largest absolute Gasteiger partial charge is 0.327 e. The maximum Gasteiger partial charge on any atom is 0.123 e. The van der Waals surface area contributed by atoms with Gasteiger partial charge in [0.15, 0.2) is 0 Å². The minimum atomic E-state index is -0.202. The average Bonchev–Trinajstić information content (AvgIpc) is 2.37. The minimum Gasteiger partial charge on any atom is -0.327 e. The molecule has 1 atom stereocenters. The molecule has 2 aromatic rings. The lowest BCUT2D eigenvalue weighted by Crippen LogP contribution is -2.25. The fraction of sp³-hybridized carbons (Fsp3) is 0.294. The molecule has 0 heterocycles. The van der Waals surface area contributed by atoms with Crippen molar-refractivity contribution in [2.24, 2.45) is 5.73 Å². The van der Waals surface area contributed by atoms with Crippen molar-refractivity contribution in [3.8, 4) is 0 Å². The topological polar surface area (TPSA) is 26.0 Å². The SMILES string of the molecule is Cc1ccc(C)c(CC(N)Cc2ccc(F)cc2)c1. The fourth-order valence-corrected chi connectivity index (χ4v) is 2.30. The number of benzene rings is 2. The van der Waals surface area contributed by atoms with Gasteiger partial charge in [0.1, 0.15) is 5.82 Å². The van der Waals surface area contributed by atoms with Gasteiger partial charge in [-0.1, -0.05) is 35.9 Å². The molecule has 0 bridgehead atoms. The molecule has 0 aromatic heterocycles. The van der Waals surface area contributed by atoms with Crippen molar-refractivity contribution in [2.75, 3.05) is 0 Å². The number of aryl methyl sites for hydroxylation is 2. The molecule has 19 heavy (non-hydrogen) atoms. The first kappa shape index (κ1) is 13.8. The van der Waals surface area contributed by atoms with Crippen LogP contribution in [-0.4, -0.2) is 6.04 Å². The summed E-state index contributed by atoms with van der Waals surface area (Å²) >= 11 is 0. The molecule has 0 spiro atoms. The first-order chi connectivity index (χ1) is 9.04. The highest BCUT2D eigenvalue weighted by molar-refractivity contribution is 5.31. The van der Waals surface area contributed by atoms with Gasteiger partial charge in [0.2, 0.25) is 0 Å². The molecule has 0 aliphatic rings. The van der Waals surface area contributed by atoms with Crippen LogP contribution < -0.4 is 5.73 Å². The van der Waals surface area contributed by atoms with Crippen LogP contribution in [0.15, 0.2) is 42.5 Å². The van der Waals surface area contributed by atoms with Crippen LogP contribution in [0, 0.1) is 19.7 Å². The Kier molecular flexibility index (Phi) is 4.33. The third kappa shape index (κ3) is 3.90. The third-order valence-corrected chi connectivity index (χ3v) is 3.40. The predicted molar refractivity (Wildman–Crippen MR) is 77.7 cm³/mol. The van der Waals surface area contributed by atoms with Gasteiger partial charge in [0, 0.05) is 6.04 Å². The summed E-state index contributed by atoms with van der Waals surface area (Å²) in [6, 6.07) is 13.1. The predicted octanol–water partition coefficient (Wildman–Crippen LogP) is 3.56. The van der Waals surface area contributed by atoms with Crippen LogP contribution in [-0.2, 0) is 12.8 Å². The normalized spacial score (nSPS) is 12.4. The quantitative estimate of drug-likeness (QED) is 0.890. The van der Waals surface area contributed by atoms with Crippen molar-refractivity contribution in [1.29, 1.82) is 0 Å². The molecule has 2 rings (SSSR count). The molecule has 2 aromatic carbocycles. The van der Waals surface area contributed by atoms with E-state index < -0.39 is 0 Å². The standard InChI is InChI=1S/C17H20FN/c1-12-3-4-13(2)15(9-12)11-17(19)10-14-5-7-16(18)8-6-14/h3-9,17H,10-11,19H2,1-2H3. The van der Waals surface area contributed by atoms with Crippen LogP contribution in [0.25, 0.3) is 0 Å². The molecular formula is C17H20FN. The van der Waals surface area contributed by atoms with E-state index in [1.54, 1.807) is 12.1 Å². The summed E-state index contributed by atoms with van der Waals surface area (Å²) in [6.07, 6.45) is 1.62. The highest BCUT2D eigenvalue weighted by atomic mass is 19.1. The van der Waals surface area contributed by atoms with Crippen molar-refractivity contribution in [1.82, 2.24) is 0 Å². The van der Waals surface area contributed by atoms with Gasteiger partial charge >= 0.3 is 0 Å². The fourth-order valence-electron chi connectivity index (χ4n) is 2.30. The van der Waals surface area contributed by atoms with Crippen LogP contribution in [0.2, 0.25) is 0 Å². The maximum absolute atomic E-state index is 12.8. The summed E-state index contributed by atoms with van der Waals surface area (Å²) in [5, 5.41) is 0. The highest BCUT2D eigenvalue weighted by Gasteiger charge is 2.08. The molecule has 0 radical (unpaired) electrons. The second-order valence-electron chi connectivity index (χ2n) is 5.22. The monoisotopic (exact) mass is 257 g/mol. The molecule has 0 saturated heterocycles. The van der Waals surface area contributed by atoms with Gasteiger partial charge in [0.25, 0.3) is 0 Å². The molecule has 1 unspecified atom stereocenters. The summed E-state index contributed by atoms with van der Waals surface area (Å²) in [5.41, 5.74) is 11.1. The Morgan fingerprint density at radius 2 is 1.68 bits per heavy atom. The number of halogens is 1. The Balaban J connectivity index is 2.02. The van der Waals surface area contributed by atoms with Crippen LogP contribution in [0.3, 0.4) is 0 Å². The Morgan fingerprint density at radius 1 is 1.00 bits per heavy atom. The van der Waals surface area contributed by atoms with E-state index in [4.69, 9.17) is 5.73 Å². The van der Waals surface area contributed by atoms with E-state index in [1.165, 1.54) is 28.8 Å². The summed E-state index contributed by atoms with van der Waals surface area (Å²) in [7, 11) is 0. The zero-order chi connectivity index (χ0) is 13.8.